The van der Waals surface area contributed by atoms with Crippen LogP contribution >= 0.6 is 0 Å². The van der Waals surface area contributed by atoms with Crippen LogP contribution < -0.4 is 10.6 Å². The fourth-order valence-electron chi connectivity index (χ4n) is 2.27. The van der Waals surface area contributed by atoms with Crippen LogP contribution in [0, 0.1) is 5.92 Å². The van der Waals surface area contributed by atoms with Crippen molar-refractivity contribution in [2.75, 3.05) is 52.3 Å². The first-order valence-corrected chi connectivity index (χ1v) is 11.0. The molecule has 0 unspecified atom stereocenters. The smallest absolute Gasteiger partial charge is 0.191 e. The lowest BCUT2D eigenvalue weighted by atomic mass is 10.0. The van der Waals surface area contributed by atoms with Gasteiger partial charge in [0, 0.05) is 45.8 Å². The first-order chi connectivity index (χ1) is 11.8. The minimum Gasteiger partial charge on any atom is -0.381 e. The fraction of sp³-hybridized carbons (Fsp3) is 0.941. The van der Waals surface area contributed by atoms with Crippen LogP contribution in [0.15, 0.2) is 4.99 Å². The molecule has 1 saturated heterocycles. The molecule has 0 atom stereocenters. The van der Waals surface area contributed by atoms with Crippen LogP contribution in [0.25, 0.3) is 0 Å². The van der Waals surface area contributed by atoms with E-state index in [0.717, 1.165) is 52.2 Å². The Kier molecular flexibility index (Phi) is 9.74. The van der Waals surface area contributed by atoms with Gasteiger partial charge in [0.2, 0.25) is 0 Å². The molecule has 0 bridgehead atoms. The van der Waals surface area contributed by atoms with Crippen molar-refractivity contribution in [1.82, 2.24) is 10.6 Å². The molecule has 1 fully saturated rings. The Morgan fingerprint density at radius 1 is 1.28 bits per heavy atom. The Bertz CT molecular complexity index is 500. The molecular formula is C17H35N3O4S. The SMILES string of the molecule is CCNC(=NCC(C)(C)S(C)(=O)=O)NCCCOCC1CCOCC1. The van der Waals surface area contributed by atoms with E-state index in [2.05, 4.69) is 15.6 Å². The number of sulfone groups is 1. The Morgan fingerprint density at radius 3 is 2.56 bits per heavy atom. The summed E-state index contributed by atoms with van der Waals surface area (Å²) in [5, 5.41) is 6.37. The van der Waals surface area contributed by atoms with E-state index in [-0.39, 0.29) is 6.54 Å². The quantitative estimate of drug-likeness (QED) is 0.338. The van der Waals surface area contributed by atoms with Crippen molar-refractivity contribution in [3.8, 4) is 0 Å². The lowest BCUT2D eigenvalue weighted by Crippen LogP contribution is -2.41. The fourth-order valence-corrected chi connectivity index (χ4v) is 2.57. The normalized spacial score (nSPS) is 17.5. The lowest BCUT2D eigenvalue weighted by Gasteiger charge is -2.22. The van der Waals surface area contributed by atoms with Gasteiger partial charge in [0.25, 0.3) is 0 Å². The highest BCUT2D eigenvalue weighted by molar-refractivity contribution is 7.92. The zero-order valence-corrected chi connectivity index (χ0v) is 17.0. The molecule has 7 nitrogen and oxygen atoms in total. The molecular weight excluding hydrogens is 342 g/mol. The predicted octanol–water partition coefficient (Wildman–Crippen LogP) is 1.20. The first-order valence-electron chi connectivity index (χ1n) is 9.13. The summed E-state index contributed by atoms with van der Waals surface area (Å²) in [6.45, 7) is 10.3. The second-order valence-corrected chi connectivity index (χ2v) is 9.79. The Balaban J connectivity index is 2.26. The number of guanidine groups is 1. The molecule has 0 radical (unpaired) electrons. The predicted molar refractivity (Wildman–Crippen MR) is 102 cm³/mol. The number of nitrogens with one attached hydrogen (secondary N) is 2. The Morgan fingerprint density at radius 2 is 1.96 bits per heavy atom. The third kappa shape index (κ3) is 8.87. The van der Waals surface area contributed by atoms with Crippen LogP contribution in [0.4, 0.5) is 0 Å². The van der Waals surface area contributed by atoms with E-state index in [9.17, 15) is 8.42 Å². The van der Waals surface area contributed by atoms with Crippen molar-refractivity contribution < 1.29 is 17.9 Å². The zero-order chi connectivity index (χ0) is 18.8. The summed E-state index contributed by atoms with van der Waals surface area (Å²) in [5.41, 5.74) is 0. The summed E-state index contributed by atoms with van der Waals surface area (Å²) in [5.74, 6) is 1.27. The molecule has 0 aromatic carbocycles. The van der Waals surface area contributed by atoms with Crippen LogP contribution in [0.5, 0.6) is 0 Å². The van der Waals surface area contributed by atoms with E-state index >= 15 is 0 Å². The average molecular weight is 378 g/mol. The minimum atomic E-state index is -3.15. The van der Waals surface area contributed by atoms with Crippen LogP contribution in [0.2, 0.25) is 0 Å². The highest BCUT2D eigenvalue weighted by Crippen LogP contribution is 2.15. The molecule has 1 aliphatic rings. The van der Waals surface area contributed by atoms with Gasteiger partial charge in [0.1, 0.15) is 0 Å². The maximum Gasteiger partial charge on any atom is 0.191 e. The maximum atomic E-state index is 11.8. The molecule has 2 N–H and O–H groups in total. The van der Waals surface area contributed by atoms with E-state index < -0.39 is 14.6 Å². The van der Waals surface area contributed by atoms with Crippen LogP contribution in [-0.2, 0) is 19.3 Å². The van der Waals surface area contributed by atoms with E-state index in [1.165, 1.54) is 6.26 Å². The Hall–Kier alpha value is -0.860. The number of ether oxygens (including phenoxy) is 2. The number of nitrogens with zero attached hydrogens (tertiary/aromatic N) is 1. The van der Waals surface area contributed by atoms with Gasteiger partial charge in [-0.1, -0.05) is 0 Å². The second-order valence-electron chi connectivity index (χ2n) is 7.14. The molecule has 0 spiro atoms. The molecule has 1 aliphatic heterocycles. The van der Waals surface area contributed by atoms with E-state index in [4.69, 9.17) is 9.47 Å². The molecule has 8 heteroatoms. The van der Waals surface area contributed by atoms with Gasteiger partial charge in [0.05, 0.1) is 11.3 Å². The van der Waals surface area contributed by atoms with Crippen molar-refractivity contribution >= 4 is 15.8 Å². The van der Waals surface area contributed by atoms with Crippen molar-refractivity contribution in [3.05, 3.63) is 0 Å². The number of hydrogen-bond donors (Lipinski definition) is 2. The van der Waals surface area contributed by atoms with Crippen molar-refractivity contribution in [2.45, 2.75) is 44.8 Å². The van der Waals surface area contributed by atoms with Crippen molar-refractivity contribution in [2.24, 2.45) is 10.9 Å². The molecule has 148 valence electrons. The summed E-state index contributed by atoms with van der Waals surface area (Å²) in [4.78, 5) is 4.40. The first kappa shape index (κ1) is 22.2. The van der Waals surface area contributed by atoms with E-state index in [1.807, 2.05) is 6.92 Å². The third-order valence-electron chi connectivity index (χ3n) is 4.42. The van der Waals surface area contributed by atoms with Gasteiger partial charge in [-0.3, -0.25) is 4.99 Å². The van der Waals surface area contributed by atoms with Gasteiger partial charge in [-0.2, -0.15) is 0 Å². The number of hydrogen-bond acceptors (Lipinski definition) is 5. The maximum absolute atomic E-state index is 11.8. The molecule has 0 aromatic heterocycles. The van der Waals surface area contributed by atoms with Gasteiger partial charge < -0.3 is 20.1 Å². The summed E-state index contributed by atoms with van der Waals surface area (Å²) in [6.07, 6.45) is 4.30. The Labute approximate surface area is 152 Å². The highest BCUT2D eigenvalue weighted by Gasteiger charge is 2.29. The van der Waals surface area contributed by atoms with Gasteiger partial charge >= 0.3 is 0 Å². The van der Waals surface area contributed by atoms with Gasteiger partial charge in [-0.05, 0) is 46.0 Å². The zero-order valence-electron chi connectivity index (χ0n) is 16.1. The van der Waals surface area contributed by atoms with Crippen molar-refractivity contribution in [3.63, 3.8) is 0 Å². The van der Waals surface area contributed by atoms with Gasteiger partial charge in [-0.25, -0.2) is 8.42 Å². The van der Waals surface area contributed by atoms with Gasteiger partial charge in [-0.15, -0.1) is 0 Å². The standard InChI is InChI=1S/C17H35N3O4S/c1-5-18-16(20-14-17(2,3)25(4,21)22)19-9-6-10-24-13-15-7-11-23-12-8-15/h15H,5-14H2,1-4H3,(H2,18,19,20). The lowest BCUT2D eigenvalue weighted by molar-refractivity contribution is 0.0203. The molecule has 0 saturated carbocycles. The summed E-state index contributed by atoms with van der Waals surface area (Å²) in [7, 11) is -3.15. The highest BCUT2D eigenvalue weighted by atomic mass is 32.2. The summed E-state index contributed by atoms with van der Waals surface area (Å²) >= 11 is 0. The van der Waals surface area contributed by atoms with E-state index in [1.54, 1.807) is 13.8 Å². The molecule has 0 aliphatic carbocycles. The summed E-state index contributed by atoms with van der Waals surface area (Å²) < 4.78 is 33.7. The molecule has 0 aromatic rings. The monoisotopic (exact) mass is 377 g/mol. The van der Waals surface area contributed by atoms with Crippen molar-refractivity contribution in [1.29, 1.82) is 0 Å². The average Bonchev–Trinajstić information content (AvgIpc) is 2.55. The van der Waals surface area contributed by atoms with Crippen LogP contribution in [0.1, 0.15) is 40.0 Å². The number of rotatable bonds is 10. The topological polar surface area (TPSA) is 89.0 Å². The molecule has 0 amide bonds. The summed E-state index contributed by atoms with van der Waals surface area (Å²) in [6, 6.07) is 0. The molecule has 1 heterocycles. The van der Waals surface area contributed by atoms with Gasteiger partial charge in [0.15, 0.2) is 15.8 Å². The number of aliphatic imine (C=N–C) groups is 1. The minimum absolute atomic E-state index is 0.224. The largest absolute Gasteiger partial charge is 0.381 e. The van der Waals surface area contributed by atoms with Crippen LogP contribution in [0.3, 0.4) is 0 Å². The van der Waals surface area contributed by atoms with E-state index in [0.29, 0.717) is 18.5 Å². The van der Waals surface area contributed by atoms with Crippen LogP contribution in [-0.4, -0.2) is 71.4 Å². The molecule has 25 heavy (non-hydrogen) atoms. The molecule has 1 rings (SSSR count). The third-order valence-corrected chi connectivity index (χ3v) is 6.55. The second kappa shape index (κ2) is 11.0.